The first-order chi connectivity index (χ1) is 10.0. The molecule has 0 aliphatic heterocycles. The van der Waals surface area contributed by atoms with Gasteiger partial charge >= 0.3 is 0 Å². The maximum atomic E-state index is 13.1. The highest BCUT2D eigenvalue weighted by atomic mass is 35.5. The first-order valence-electron chi connectivity index (χ1n) is 6.14. The summed E-state index contributed by atoms with van der Waals surface area (Å²) in [5.74, 6) is -0.148. The number of hydrogen-bond donors (Lipinski definition) is 2. The molecular formula is C13H11ClFN5O. The monoisotopic (exact) mass is 307 g/mol. The number of halogens is 2. The number of rotatable bonds is 3. The fourth-order valence-electron chi connectivity index (χ4n) is 2.01. The van der Waals surface area contributed by atoms with Crippen LogP contribution in [0.4, 0.5) is 10.3 Å². The lowest BCUT2D eigenvalue weighted by Crippen LogP contribution is -2.15. The van der Waals surface area contributed by atoms with Gasteiger partial charge in [0.2, 0.25) is 5.95 Å². The van der Waals surface area contributed by atoms with Crippen LogP contribution in [0, 0.1) is 5.82 Å². The first kappa shape index (κ1) is 13.6. The van der Waals surface area contributed by atoms with Crippen LogP contribution in [0.2, 0.25) is 5.02 Å². The van der Waals surface area contributed by atoms with Gasteiger partial charge in [0.05, 0.1) is 11.2 Å². The third-order valence-corrected chi connectivity index (χ3v) is 3.33. The molecule has 0 spiro atoms. The zero-order valence-corrected chi connectivity index (χ0v) is 11.8. The van der Waals surface area contributed by atoms with Gasteiger partial charge < -0.3 is 5.32 Å². The van der Waals surface area contributed by atoms with Crippen LogP contribution in [0.1, 0.15) is 5.56 Å². The van der Waals surface area contributed by atoms with E-state index in [1.165, 1.54) is 23.0 Å². The van der Waals surface area contributed by atoms with Crippen LogP contribution in [0.15, 0.2) is 29.2 Å². The predicted octanol–water partition coefficient (Wildman–Crippen LogP) is 2.06. The number of fused-ring (bicyclic) bond motifs is 1. The van der Waals surface area contributed by atoms with Gasteiger partial charge in [-0.2, -0.15) is 5.10 Å². The molecule has 2 N–H and O–H groups in total. The fraction of sp³-hybridized carbons (Fsp3) is 0.154. The number of aromatic amines is 1. The molecule has 0 amide bonds. The molecule has 21 heavy (non-hydrogen) atoms. The number of aromatic nitrogens is 4. The van der Waals surface area contributed by atoms with Crippen LogP contribution in [-0.4, -0.2) is 19.7 Å². The summed E-state index contributed by atoms with van der Waals surface area (Å²) in [5, 5.41) is 7.00. The number of nitrogens with zero attached hydrogens (tertiary/aromatic N) is 3. The molecule has 2 aromatic heterocycles. The average Bonchev–Trinajstić information content (AvgIpc) is 2.82. The van der Waals surface area contributed by atoms with Crippen molar-refractivity contribution in [1.82, 2.24) is 19.7 Å². The third kappa shape index (κ3) is 2.59. The molecule has 1 aromatic carbocycles. The van der Waals surface area contributed by atoms with E-state index in [0.717, 1.165) is 5.56 Å². The highest BCUT2D eigenvalue weighted by Gasteiger charge is 2.08. The highest BCUT2D eigenvalue weighted by Crippen LogP contribution is 2.16. The van der Waals surface area contributed by atoms with Crippen molar-refractivity contribution < 1.29 is 4.39 Å². The van der Waals surface area contributed by atoms with E-state index in [1.807, 2.05) is 0 Å². The zero-order valence-electron chi connectivity index (χ0n) is 11.0. The van der Waals surface area contributed by atoms with Crippen molar-refractivity contribution in [3.05, 3.63) is 51.2 Å². The SMILES string of the molecule is Cn1ncc2nc(NCc3ccc(F)c(Cl)c3)[nH]c(=O)c21. The van der Waals surface area contributed by atoms with Crippen LogP contribution in [-0.2, 0) is 13.6 Å². The van der Waals surface area contributed by atoms with Gasteiger partial charge in [-0.25, -0.2) is 9.37 Å². The quantitative estimate of drug-likeness (QED) is 0.776. The van der Waals surface area contributed by atoms with Crippen LogP contribution in [0.3, 0.4) is 0 Å². The molecule has 3 aromatic rings. The van der Waals surface area contributed by atoms with Crippen molar-refractivity contribution in [1.29, 1.82) is 0 Å². The number of nitrogens with one attached hydrogen (secondary N) is 2. The van der Waals surface area contributed by atoms with E-state index < -0.39 is 5.82 Å². The van der Waals surface area contributed by atoms with Crippen molar-refractivity contribution in [2.24, 2.45) is 7.05 Å². The van der Waals surface area contributed by atoms with Crippen LogP contribution >= 0.6 is 11.6 Å². The summed E-state index contributed by atoms with van der Waals surface area (Å²) < 4.78 is 14.5. The van der Waals surface area contributed by atoms with Gasteiger partial charge in [-0.05, 0) is 17.7 Å². The Morgan fingerprint density at radius 2 is 2.29 bits per heavy atom. The fourth-order valence-corrected chi connectivity index (χ4v) is 2.21. The van der Waals surface area contributed by atoms with Gasteiger partial charge in [-0.3, -0.25) is 14.5 Å². The molecule has 2 heterocycles. The molecule has 0 fully saturated rings. The summed E-state index contributed by atoms with van der Waals surface area (Å²) >= 11 is 5.71. The van der Waals surface area contributed by atoms with E-state index in [9.17, 15) is 9.18 Å². The topological polar surface area (TPSA) is 75.6 Å². The molecular weight excluding hydrogens is 297 g/mol. The lowest BCUT2D eigenvalue weighted by atomic mass is 10.2. The normalized spacial score (nSPS) is 11.0. The summed E-state index contributed by atoms with van der Waals surface area (Å²) in [6.07, 6.45) is 1.52. The van der Waals surface area contributed by atoms with Crippen molar-refractivity contribution >= 4 is 28.6 Å². The van der Waals surface area contributed by atoms with Gasteiger partial charge in [-0.15, -0.1) is 0 Å². The third-order valence-electron chi connectivity index (χ3n) is 3.04. The average molecular weight is 308 g/mol. The lowest BCUT2D eigenvalue weighted by molar-refractivity contribution is 0.627. The summed E-state index contributed by atoms with van der Waals surface area (Å²) in [6, 6.07) is 4.42. The molecule has 0 saturated carbocycles. The number of benzene rings is 1. The number of H-pyrrole nitrogens is 1. The molecule has 0 bridgehead atoms. The van der Waals surface area contributed by atoms with E-state index in [-0.39, 0.29) is 10.6 Å². The van der Waals surface area contributed by atoms with E-state index in [2.05, 4.69) is 20.4 Å². The minimum absolute atomic E-state index is 0.0541. The van der Waals surface area contributed by atoms with Crippen molar-refractivity contribution in [2.75, 3.05) is 5.32 Å². The summed E-state index contributed by atoms with van der Waals surface area (Å²) in [5.41, 5.74) is 1.40. The molecule has 0 aliphatic carbocycles. The smallest absolute Gasteiger partial charge is 0.278 e. The summed E-state index contributed by atoms with van der Waals surface area (Å²) in [6.45, 7) is 0.356. The molecule has 0 unspecified atom stereocenters. The Balaban J connectivity index is 1.85. The second kappa shape index (κ2) is 5.17. The highest BCUT2D eigenvalue weighted by molar-refractivity contribution is 6.30. The van der Waals surface area contributed by atoms with Crippen LogP contribution in [0.25, 0.3) is 11.0 Å². The standard InChI is InChI=1S/C13H11ClFN5O/c1-20-11-10(6-17-20)18-13(19-12(11)21)16-5-7-2-3-9(15)8(14)4-7/h2-4,6H,5H2,1H3,(H2,16,18,19,21). The summed E-state index contributed by atoms with van der Waals surface area (Å²) in [7, 11) is 1.67. The maximum Gasteiger partial charge on any atom is 0.278 e. The Morgan fingerprint density at radius 1 is 1.48 bits per heavy atom. The Hall–Kier alpha value is -2.41. The number of hydrogen-bond acceptors (Lipinski definition) is 4. The Morgan fingerprint density at radius 3 is 3.05 bits per heavy atom. The zero-order chi connectivity index (χ0) is 15.0. The molecule has 0 radical (unpaired) electrons. The second-order valence-corrected chi connectivity index (χ2v) is 4.93. The van der Waals surface area contributed by atoms with E-state index >= 15 is 0 Å². The first-order valence-corrected chi connectivity index (χ1v) is 6.52. The van der Waals surface area contributed by atoms with E-state index in [1.54, 1.807) is 13.1 Å². The Kier molecular flexibility index (Phi) is 3.34. The van der Waals surface area contributed by atoms with Gasteiger partial charge in [0.1, 0.15) is 11.3 Å². The van der Waals surface area contributed by atoms with Gasteiger partial charge in [0.15, 0.2) is 5.52 Å². The predicted molar refractivity (Wildman–Crippen MR) is 77.9 cm³/mol. The van der Waals surface area contributed by atoms with Gasteiger partial charge in [0.25, 0.3) is 5.56 Å². The second-order valence-electron chi connectivity index (χ2n) is 4.52. The van der Waals surface area contributed by atoms with Crippen molar-refractivity contribution in [3.8, 4) is 0 Å². The van der Waals surface area contributed by atoms with E-state index in [0.29, 0.717) is 23.5 Å². The number of aryl methyl sites for hydroxylation is 1. The largest absolute Gasteiger partial charge is 0.352 e. The van der Waals surface area contributed by atoms with Gasteiger partial charge in [-0.1, -0.05) is 17.7 Å². The molecule has 3 rings (SSSR count). The lowest BCUT2D eigenvalue weighted by Gasteiger charge is -2.06. The Bertz CT molecular complexity index is 873. The Labute approximate surface area is 123 Å². The summed E-state index contributed by atoms with van der Waals surface area (Å²) in [4.78, 5) is 18.8. The molecule has 0 aliphatic rings. The molecule has 6 nitrogen and oxygen atoms in total. The van der Waals surface area contributed by atoms with Crippen LogP contribution in [0.5, 0.6) is 0 Å². The van der Waals surface area contributed by atoms with Crippen molar-refractivity contribution in [2.45, 2.75) is 6.54 Å². The molecule has 0 atom stereocenters. The van der Waals surface area contributed by atoms with Crippen LogP contribution < -0.4 is 10.9 Å². The minimum atomic E-state index is -0.469. The minimum Gasteiger partial charge on any atom is -0.352 e. The van der Waals surface area contributed by atoms with Crippen molar-refractivity contribution in [3.63, 3.8) is 0 Å². The molecule has 0 saturated heterocycles. The molecule has 108 valence electrons. The maximum absolute atomic E-state index is 13.1. The van der Waals surface area contributed by atoms with Gasteiger partial charge in [0, 0.05) is 13.6 Å². The van der Waals surface area contributed by atoms with E-state index in [4.69, 9.17) is 11.6 Å². The molecule has 8 heteroatoms. The number of anilines is 1.